The third-order valence-corrected chi connectivity index (χ3v) is 1.73. The molecule has 70 valence electrons. The van der Waals surface area contributed by atoms with Crippen LogP contribution in [0.5, 0.6) is 5.75 Å². The Hall–Kier alpha value is -1.03. The van der Waals surface area contributed by atoms with Gasteiger partial charge in [-0.15, -0.1) is 0 Å². The predicted molar refractivity (Wildman–Crippen MR) is 51.0 cm³/mol. The Morgan fingerprint density at radius 3 is 2.77 bits per heavy atom. The van der Waals surface area contributed by atoms with Gasteiger partial charge < -0.3 is 9.76 Å². The molecule has 13 heavy (non-hydrogen) atoms. The highest BCUT2D eigenvalue weighted by Gasteiger charge is 2.17. The van der Waals surface area contributed by atoms with Crippen molar-refractivity contribution in [2.75, 3.05) is 6.61 Å². The molecule has 0 radical (unpaired) electrons. The lowest BCUT2D eigenvalue weighted by Crippen LogP contribution is -2.31. The largest absolute Gasteiger partial charge is 0.494 e. The van der Waals surface area contributed by atoms with E-state index in [1.54, 1.807) is 12.1 Å². The van der Waals surface area contributed by atoms with E-state index in [9.17, 15) is 9.41 Å². The molecule has 0 aliphatic rings. The van der Waals surface area contributed by atoms with E-state index in [-0.39, 0.29) is 5.46 Å². The average Bonchev–Trinajstić information content (AvgIpc) is 2.04. The van der Waals surface area contributed by atoms with Gasteiger partial charge in [-0.25, -0.2) is 4.39 Å². The van der Waals surface area contributed by atoms with Crippen LogP contribution in [0.3, 0.4) is 0 Å². The quantitative estimate of drug-likeness (QED) is 0.707. The first-order chi connectivity index (χ1) is 6.16. The van der Waals surface area contributed by atoms with Crippen LogP contribution in [0.1, 0.15) is 6.92 Å². The minimum atomic E-state index is -0.845. The lowest BCUT2D eigenvalue weighted by molar-refractivity contribution is 0.341. The van der Waals surface area contributed by atoms with E-state index >= 15 is 0 Å². The highest BCUT2D eigenvalue weighted by Crippen LogP contribution is 2.10. The predicted octanol–water partition coefficient (Wildman–Crippen LogP) is 1.04. The number of hydrogen-bond donors (Lipinski definition) is 1. The van der Waals surface area contributed by atoms with Crippen molar-refractivity contribution in [2.24, 2.45) is 0 Å². The second-order valence-electron chi connectivity index (χ2n) is 2.76. The smallest absolute Gasteiger partial charge is 0.327 e. The Labute approximate surface area is 77.5 Å². The Bertz CT molecular complexity index is 289. The standard InChI is InChI=1S/C9H12BFO2/c1-3-13-8-6-4-5-7(11)9(8)10(2)12/h4-6,12H,3H2,1-2H3. The maximum absolute atomic E-state index is 13.2. The number of benzene rings is 1. The summed E-state index contributed by atoms with van der Waals surface area (Å²) >= 11 is 0. The Kier molecular flexibility index (Phi) is 3.31. The first-order valence-corrected chi connectivity index (χ1v) is 4.26. The second kappa shape index (κ2) is 4.28. The molecule has 1 aromatic carbocycles. The van der Waals surface area contributed by atoms with E-state index in [1.807, 2.05) is 6.92 Å². The second-order valence-corrected chi connectivity index (χ2v) is 2.76. The minimum Gasteiger partial charge on any atom is -0.494 e. The molecule has 0 spiro atoms. The highest BCUT2D eigenvalue weighted by molar-refractivity contribution is 6.65. The van der Waals surface area contributed by atoms with Gasteiger partial charge in [0.25, 0.3) is 0 Å². The van der Waals surface area contributed by atoms with Gasteiger partial charge in [0.1, 0.15) is 11.6 Å². The van der Waals surface area contributed by atoms with E-state index in [1.165, 1.54) is 12.9 Å². The summed E-state index contributed by atoms with van der Waals surface area (Å²) in [5.74, 6) is -0.0153. The molecule has 1 rings (SSSR count). The Morgan fingerprint density at radius 2 is 2.23 bits per heavy atom. The molecule has 0 aromatic heterocycles. The molecular formula is C9H12BFO2. The summed E-state index contributed by atoms with van der Waals surface area (Å²) in [4.78, 5) is 0. The molecule has 0 atom stereocenters. The van der Waals surface area contributed by atoms with Crippen molar-refractivity contribution >= 4 is 12.4 Å². The van der Waals surface area contributed by atoms with Gasteiger partial charge in [-0.3, -0.25) is 0 Å². The molecule has 1 N–H and O–H groups in total. The van der Waals surface area contributed by atoms with Gasteiger partial charge in [-0.2, -0.15) is 0 Å². The fraction of sp³-hybridized carbons (Fsp3) is 0.333. The number of rotatable bonds is 3. The first kappa shape index (κ1) is 10.1. The lowest BCUT2D eigenvalue weighted by atomic mass is 9.63. The molecule has 0 aliphatic carbocycles. The molecule has 0 heterocycles. The first-order valence-electron chi connectivity index (χ1n) is 4.26. The van der Waals surface area contributed by atoms with Crippen LogP contribution in [-0.2, 0) is 0 Å². The summed E-state index contributed by atoms with van der Waals surface area (Å²) in [7, 11) is 0. The van der Waals surface area contributed by atoms with Crippen LogP contribution in [0, 0.1) is 5.82 Å². The van der Waals surface area contributed by atoms with Crippen LogP contribution >= 0.6 is 0 Å². The monoisotopic (exact) mass is 182 g/mol. The SMILES string of the molecule is CCOc1cccc(F)c1B(C)O. The van der Waals surface area contributed by atoms with Crippen LogP contribution in [0.25, 0.3) is 0 Å². The summed E-state index contributed by atoms with van der Waals surface area (Å²) < 4.78 is 18.4. The van der Waals surface area contributed by atoms with E-state index in [4.69, 9.17) is 4.74 Å². The van der Waals surface area contributed by atoms with Crippen LogP contribution in [0.4, 0.5) is 4.39 Å². The molecule has 4 heteroatoms. The van der Waals surface area contributed by atoms with Crippen molar-refractivity contribution in [3.63, 3.8) is 0 Å². The fourth-order valence-electron chi connectivity index (χ4n) is 1.20. The molecule has 1 aromatic rings. The molecule has 0 bridgehead atoms. The van der Waals surface area contributed by atoms with Crippen LogP contribution in [0.2, 0.25) is 6.82 Å². The van der Waals surface area contributed by atoms with Crippen molar-refractivity contribution in [1.82, 2.24) is 0 Å². The van der Waals surface area contributed by atoms with Crippen LogP contribution in [0.15, 0.2) is 18.2 Å². The van der Waals surface area contributed by atoms with Gasteiger partial charge in [-0.1, -0.05) is 12.9 Å². The summed E-state index contributed by atoms with van der Waals surface area (Å²) in [6, 6.07) is 4.52. The zero-order valence-corrected chi connectivity index (χ0v) is 7.75. The maximum atomic E-state index is 13.2. The van der Waals surface area contributed by atoms with E-state index in [0.29, 0.717) is 12.4 Å². The number of hydrogen-bond acceptors (Lipinski definition) is 2. The number of halogens is 1. The summed E-state index contributed by atoms with van der Waals surface area (Å²) in [5, 5.41) is 9.29. The fourth-order valence-corrected chi connectivity index (χ4v) is 1.20. The van der Waals surface area contributed by atoms with E-state index in [2.05, 4.69) is 0 Å². The molecule has 0 saturated heterocycles. The average molecular weight is 182 g/mol. The molecule has 0 saturated carbocycles. The summed E-state index contributed by atoms with van der Waals surface area (Å²) in [6.45, 7) is 2.95. The Balaban J connectivity index is 3.10. The van der Waals surface area contributed by atoms with Crippen molar-refractivity contribution in [3.05, 3.63) is 24.0 Å². The van der Waals surface area contributed by atoms with Gasteiger partial charge in [-0.05, 0) is 19.1 Å². The van der Waals surface area contributed by atoms with Gasteiger partial charge in [0.05, 0.1) is 6.61 Å². The van der Waals surface area contributed by atoms with Crippen molar-refractivity contribution in [1.29, 1.82) is 0 Å². The summed E-state index contributed by atoms with van der Waals surface area (Å²) in [6.07, 6.45) is 0. The zero-order valence-electron chi connectivity index (χ0n) is 7.75. The Morgan fingerprint density at radius 1 is 1.54 bits per heavy atom. The molecule has 0 fully saturated rings. The van der Waals surface area contributed by atoms with E-state index in [0.717, 1.165) is 0 Å². The van der Waals surface area contributed by atoms with Crippen molar-refractivity contribution in [2.45, 2.75) is 13.7 Å². The van der Waals surface area contributed by atoms with Crippen LogP contribution < -0.4 is 10.2 Å². The van der Waals surface area contributed by atoms with Gasteiger partial charge in [0.15, 0.2) is 0 Å². The topological polar surface area (TPSA) is 29.5 Å². The minimum absolute atomic E-state index is 0.226. The molecular weight excluding hydrogens is 170 g/mol. The molecule has 0 unspecified atom stereocenters. The van der Waals surface area contributed by atoms with Gasteiger partial charge in [0.2, 0.25) is 0 Å². The highest BCUT2D eigenvalue weighted by atomic mass is 19.1. The lowest BCUT2D eigenvalue weighted by Gasteiger charge is -2.10. The van der Waals surface area contributed by atoms with Crippen molar-refractivity contribution in [3.8, 4) is 5.75 Å². The molecule has 0 aliphatic heterocycles. The van der Waals surface area contributed by atoms with Gasteiger partial charge in [0, 0.05) is 5.46 Å². The summed E-state index contributed by atoms with van der Waals surface area (Å²) in [5.41, 5.74) is 0.226. The molecule has 2 nitrogen and oxygen atoms in total. The van der Waals surface area contributed by atoms with Gasteiger partial charge >= 0.3 is 6.92 Å². The number of ether oxygens (including phenoxy) is 1. The maximum Gasteiger partial charge on any atom is 0.327 e. The zero-order chi connectivity index (χ0) is 9.84. The molecule has 0 amide bonds. The van der Waals surface area contributed by atoms with Crippen molar-refractivity contribution < 1.29 is 14.2 Å². The van der Waals surface area contributed by atoms with E-state index < -0.39 is 12.7 Å². The third-order valence-electron chi connectivity index (χ3n) is 1.73. The van der Waals surface area contributed by atoms with Crippen LogP contribution in [-0.4, -0.2) is 18.5 Å². The third kappa shape index (κ3) is 2.22. The normalized spacial score (nSPS) is 9.85.